The van der Waals surface area contributed by atoms with E-state index in [1.54, 1.807) is 0 Å². The molecule has 3 heteroatoms. The minimum absolute atomic E-state index is 0.0123. The Morgan fingerprint density at radius 3 is 2.50 bits per heavy atom. The summed E-state index contributed by atoms with van der Waals surface area (Å²) in [6.45, 7) is 6.56. The van der Waals surface area contributed by atoms with Crippen LogP contribution in [0.15, 0.2) is 0 Å². The summed E-state index contributed by atoms with van der Waals surface area (Å²) in [6.07, 6.45) is 11.7. The van der Waals surface area contributed by atoms with Crippen LogP contribution in [0.2, 0.25) is 0 Å². The highest BCUT2D eigenvalue weighted by Crippen LogP contribution is 2.36. The smallest absolute Gasteiger partial charge is 0.150 e. The van der Waals surface area contributed by atoms with Gasteiger partial charge in [-0.15, -0.1) is 0 Å². The number of nitrogens with one attached hydrogen (secondary N) is 2. The van der Waals surface area contributed by atoms with Gasteiger partial charge in [0.1, 0.15) is 17.7 Å². The van der Waals surface area contributed by atoms with E-state index in [2.05, 4.69) is 39.1 Å². The first kappa shape index (κ1) is 16.0. The van der Waals surface area contributed by atoms with Crippen molar-refractivity contribution in [1.29, 1.82) is 0 Å². The van der Waals surface area contributed by atoms with E-state index >= 15 is 0 Å². The Morgan fingerprint density at radius 2 is 1.90 bits per heavy atom. The lowest BCUT2D eigenvalue weighted by molar-refractivity contribution is -0.865. The second-order valence-electron chi connectivity index (χ2n) is 7.93. The maximum Gasteiger partial charge on any atom is 0.150 e. The quantitative estimate of drug-likeness (QED) is 0.708. The van der Waals surface area contributed by atoms with Crippen LogP contribution in [0.5, 0.6) is 0 Å². The van der Waals surface area contributed by atoms with Crippen molar-refractivity contribution >= 4 is 6.21 Å². The summed E-state index contributed by atoms with van der Waals surface area (Å²) >= 11 is 0. The van der Waals surface area contributed by atoms with Crippen LogP contribution >= 0.6 is 0 Å². The number of rotatable bonds is 4. The molecule has 0 amide bonds. The first-order valence-corrected chi connectivity index (χ1v) is 8.44. The zero-order valence-electron chi connectivity index (χ0n) is 13.9. The van der Waals surface area contributed by atoms with Crippen molar-refractivity contribution in [2.45, 2.75) is 70.4 Å². The molecule has 2 fully saturated rings. The van der Waals surface area contributed by atoms with Crippen molar-refractivity contribution < 1.29 is 14.6 Å². The van der Waals surface area contributed by atoms with Gasteiger partial charge in [0.25, 0.3) is 0 Å². The van der Waals surface area contributed by atoms with Gasteiger partial charge in [0.15, 0.2) is 0 Å². The average Bonchev–Trinajstić information content (AvgIpc) is 2.36. The number of hydrogen-bond acceptors (Lipinski definition) is 1. The van der Waals surface area contributed by atoms with Gasteiger partial charge in [0, 0.05) is 19.4 Å². The standard InChI is InChI=1S/C17H32N2O/c1-16(2)12-17(10-11-20-16,14-19(3)4)13-18-15-8-6-5-7-9-15/h13,15H,5-12,14H2,1-4H3/p+2/t17-/m1/s1. The van der Waals surface area contributed by atoms with Crippen LogP contribution in [0.3, 0.4) is 0 Å². The van der Waals surface area contributed by atoms with Gasteiger partial charge in [-0.3, -0.25) is 0 Å². The van der Waals surface area contributed by atoms with Crippen molar-refractivity contribution in [2.24, 2.45) is 5.41 Å². The lowest BCUT2D eigenvalue weighted by Crippen LogP contribution is -3.07. The normalized spacial score (nSPS) is 32.0. The fourth-order valence-corrected chi connectivity index (χ4v) is 4.11. The minimum Gasteiger partial charge on any atom is -0.375 e. The van der Waals surface area contributed by atoms with Gasteiger partial charge >= 0.3 is 0 Å². The molecule has 20 heavy (non-hydrogen) atoms. The van der Waals surface area contributed by atoms with Crippen molar-refractivity contribution in [3.63, 3.8) is 0 Å². The van der Waals surface area contributed by atoms with Gasteiger partial charge < -0.3 is 9.64 Å². The van der Waals surface area contributed by atoms with E-state index in [9.17, 15) is 0 Å². The van der Waals surface area contributed by atoms with E-state index in [1.807, 2.05) is 0 Å². The molecule has 2 N–H and O–H groups in total. The molecule has 1 saturated heterocycles. The molecule has 1 heterocycles. The second kappa shape index (κ2) is 6.57. The first-order valence-electron chi connectivity index (χ1n) is 8.44. The third-order valence-corrected chi connectivity index (χ3v) is 4.81. The zero-order chi connectivity index (χ0) is 14.6. The SMILES string of the molecule is C[NH+](C)C[C@]1(C=[NH+]C2CCCCC2)CCOC(C)(C)C1. The van der Waals surface area contributed by atoms with E-state index in [0.717, 1.165) is 19.4 Å². The Bertz CT molecular complexity index is 332. The summed E-state index contributed by atoms with van der Waals surface area (Å²) in [5.74, 6) is 0. The highest BCUT2D eigenvalue weighted by atomic mass is 16.5. The molecule has 0 aromatic rings. The molecule has 1 atom stereocenters. The van der Waals surface area contributed by atoms with Crippen LogP contribution in [0.25, 0.3) is 0 Å². The molecule has 1 saturated carbocycles. The van der Waals surface area contributed by atoms with Crippen LogP contribution in [0.1, 0.15) is 58.8 Å². The molecular weight excluding hydrogens is 248 g/mol. The number of ether oxygens (including phenoxy) is 1. The van der Waals surface area contributed by atoms with Crippen molar-refractivity contribution in [3.05, 3.63) is 0 Å². The summed E-state index contributed by atoms with van der Waals surface area (Å²) in [5.41, 5.74) is 0.302. The van der Waals surface area contributed by atoms with E-state index in [0.29, 0.717) is 6.04 Å². The van der Waals surface area contributed by atoms with Crippen LogP contribution in [-0.2, 0) is 4.74 Å². The Hall–Kier alpha value is -0.410. The van der Waals surface area contributed by atoms with E-state index in [1.165, 1.54) is 43.5 Å². The predicted octanol–water partition coefficient (Wildman–Crippen LogP) is 0.190. The highest BCUT2D eigenvalue weighted by Gasteiger charge is 2.44. The Labute approximate surface area is 124 Å². The van der Waals surface area contributed by atoms with Crippen molar-refractivity contribution in [2.75, 3.05) is 27.2 Å². The number of quaternary nitrogens is 1. The monoisotopic (exact) mass is 282 g/mol. The van der Waals surface area contributed by atoms with Gasteiger partial charge in [-0.1, -0.05) is 6.42 Å². The predicted molar refractivity (Wildman–Crippen MR) is 83.3 cm³/mol. The van der Waals surface area contributed by atoms with E-state index in [4.69, 9.17) is 4.74 Å². The number of hydrogen-bond donors (Lipinski definition) is 2. The average molecular weight is 282 g/mol. The van der Waals surface area contributed by atoms with Crippen LogP contribution < -0.4 is 9.89 Å². The highest BCUT2D eigenvalue weighted by molar-refractivity contribution is 5.60. The Kier molecular flexibility index (Phi) is 5.25. The molecule has 0 bridgehead atoms. The first-order chi connectivity index (χ1) is 9.41. The fraction of sp³-hybridized carbons (Fsp3) is 0.941. The molecule has 0 spiro atoms. The van der Waals surface area contributed by atoms with Crippen LogP contribution in [-0.4, -0.2) is 45.1 Å². The third-order valence-electron chi connectivity index (χ3n) is 4.81. The lowest BCUT2D eigenvalue weighted by Gasteiger charge is -2.41. The summed E-state index contributed by atoms with van der Waals surface area (Å²) in [6, 6.07) is 0.712. The molecule has 0 aromatic heterocycles. The van der Waals surface area contributed by atoms with Gasteiger partial charge in [0.2, 0.25) is 0 Å². The molecule has 3 nitrogen and oxygen atoms in total. The van der Waals surface area contributed by atoms with Crippen LogP contribution in [0, 0.1) is 5.41 Å². The Balaban J connectivity index is 2.07. The molecule has 0 radical (unpaired) electrons. The molecule has 1 aliphatic carbocycles. The third kappa shape index (κ3) is 4.56. The van der Waals surface area contributed by atoms with Crippen LogP contribution in [0.4, 0.5) is 0 Å². The van der Waals surface area contributed by atoms with E-state index in [-0.39, 0.29) is 11.0 Å². The molecule has 2 aliphatic rings. The van der Waals surface area contributed by atoms with Gasteiger partial charge in [-0.05, 0) is 39.5 Å². The lowest BCUT2D eigenvalue weighted by atomic mass is 9.74. The second-order valence-corrected chi connectivity index (χ2v) is 7.93. The molecule has 0 unspecified atom stereocenters. The summed E-state index contributed by atoms with van der Waals surface area (Å²) in [4.78, 5) is 5.31. The minimum atomic E-state index is 0.0123. The maximum absolute atomic E-state index is 5.94. The fourth-order valence-electron chi connectivity index (χ4n) is 4.11. The Morgan fingerprint density at radius 1 is 1.20 bits per heavy atom. The van der Waals surface area contributed by atoms with Gasteiger partial charge in [0.05, 0.1) is 26.2 Å². The summed E-state index contributed by atoms with van der Waals surface area (Å²) in [7, 11) is 4.53. The maximum atomic E-state index is 5.94. The largest absolute Gasteiger partial charge is 0.375 e. The molecule has 2 rings (SSSR count). The molecule has 1 aliphatic heterocycles. The van der Waals surface area contributed by atoms with Gasteiger partial charge in [-0.25, -0.2) is 4.99 Å². The zero-order valence-corrected chi connectivity index (χ0v) is 13.9. The molecular formula is C17H34N2O+2. The topological polar surface area (TPSA) is 27.6 Å². The molecule has 116 valence electrons. The summed E-state index contributed by atoms with van der Waals surface area (Å²) < 4.78 is 5.94. The summed E-state index contributed by atoms with van der Waals surface area (Å²) in [5, 5.41) is 0. The van der Waals surface area contributed by atoms with Gasteiger partial charge in [-0.2, -0.15) is 0 Å². The van der Waals surface area contributed by atoms with Crippen molar-refractivity contribution in [3.8, 4) is 0 Å². The van der Waals surface area contributed by atoms with Crippen molar-refractivity contribution in [1.82, 2.24) is 0 Å². The molecule has 0 aromatic carbocycles. The van der Waals surface area contributed by atoms with E-state index < -0.39 is 0 Å².